The number of carbonyl (C=O) groups excluding carboxylic acids is 2. The molecule has 14 heteroatoms. The van der Waals surface area contributed by atoms with Crippen molar-refractivity contribution < 1.29 is 28.9 Å². The molecule has 2 aromatic heterocycles. The highest BCUT2D eigenvalue weighted by molar-refractivity contribution is 8.00. The third-order valence-electron chi connectivity index (χ3n) is 4.56. The van der Waals surface area contributed by atoms with Crippen LogP contribution in [-0.2, 0) is 19.2 Å². The van der Waals surface area contributed by atoms with Crippen LogP contribution in [0.25, 0.3) is 6.08 Å². The highest BCUT2D eigenvalue weighted by atomic mass is 32.2. The summed E-state index contributed by atoms with van der Waals surface area (Å²) in [5, 5.41) is 20.8. The zero-order valence-electron chi connectivity index (χ0n) is 16.4. The number of hydrogen-bond acceptors (Lipinski definition) is 11. The maximum absolute atomic E-state index is 12.8. The Hall–Kier alpha value is -3.65. The lowest BCUT2D eigenvalue weighted by Gasteiger charge is -2.49. The Bertz CT molecular complexity index is 1150. The number of thioether (sulfide) groups is 1. The standard InChI is InChI=1S/C18H16N6O6S2/c1-29-23-11(10-7-32-18(19)21-10)14(25)22-12-15(26)24-13(17(27)28)8(6-31-16(12)24)2-3-9-4-5-20-30-9/h2-5,7,12,16H,6H2,1H3,(H2,19,21)(H,22,25)(H,27,28)/b3-2+,23-11-. The number of nitrogens with one attached hydrogen (secondary N) is 1. The van der Waals surface area contributed by atoms with Crippen LogP contribution in [0.3, 0.4) is 0 Å². The highest BCUT2D eigenvalue weighted by Crippen LogP contribution is 2.40. The molecule has 4 heterocycles. The van der Waals surface area contributed by atoms with Crippen molar-refractivity contribution in [2.75, 3.05) is 18.6 Å². The number of nitrogen functional groups attached to an aromatic ring is 1. The van der Waals surface area contributed by atoms with Gasteiger partial charge in [0, 0.05) is 17.2 Å². The van der Waals surface area contributed by atoms with Gasteiger partial charge in [0.25, 0.3) is 11.8 Å². The van der Waals surface area contributed by atoms with E-state index in [0.29, 0.717) is 17.1 Å². The molecule has 1 saturated heterocycles. The van der Waals surface area contributed by atoms with E-state index in [9.17, 15) is 19.5 Å². The predicted molar refractivity (Wildman–Crippen MR) is 115 cm³/mol. The van der Waals surface area contributed by atoms with Gasteiger partial charge in [-0.3, -0.25) is 14.5 Å². The highest BCUT2D eigenvalue weighted by Gasteiger charge is 2.54. The van der Waals surface area contributed by atoms with E-state index < -0.39 is 29.2 Å². The van der Waals surface area contributed by atoms with Gasteiger partial charge in [0.2, 0.25) is 0 Å². The Morgan fingerprint density at radius 1 is 1.47 bits per heavy atom. The molecule has 0 aromatic carbocycles. The molecule has 2 atom stereocenters. The normalized spacial score (nSPS) is 20.8. The molecule has 4 rings (SSSR count). The number of amides is 2. The molecule has 12 nitrogen and oxygen atoms in total. The zero-order valence-corrected chi connectivity index (χ0v) is 18.1. The number of carbonyl (C=O) groups is 3. The number of allylic oxidation sites excluding steroid dienone is 1. The summed E-state index contributed by atoms with van der Waals surface area (Å²) in [4.78, 5) is 47.3. The fourth-order valence-electron chi connectivity index (χ4n) is 3.17. The van der Waals surface area contributed by atoms with Crippen LogP contribution in [0, 0.1) is 0 Å². The van der Waals surface area contributed by atoms with Crippen molar-refractivity contribution in [2.24, 2.45) is 5.16 Å². The van der Waals surface area contributed by atoms with E-state index in [4.69, 9.17) is 15.1 Å². The average Bonchev–Trinajstić information content (AvgIpc) is 3.45. The van der Waals surface area contributed by atoms with Gasteiger partial charge >= 0.3 is 5.97 Å². The van der Waals surface area contributed by atoms with E-state index in [1.807, 2.05) is 0 Å². The van der Waals surface area contributed by atoms with Crippen molar-refractivity contribution in [2.45, 2.75) is 11.4 Å². The van der Waals surface area contributed by atoms with Gasteiger partial charge in [-0.15, -0.1) is 23.1 Å². The number of carboxylic acid groups (broad SMARTS) is 1. The van der Waals surface area contributed by atoms with Crippen LogP contribution in [0.5, 0.6) is 0 Å². The third-order valence-corrected chi connectivity index (χ3v) is 6.53. The Kier molecular flexibility index (Phi) is 5.96. The minimum absolute atomic E-state index is 0.141. The number of rotatable bonds is 7. The SMILES string of the molecule is CO/N=C(\C(=O)NC1C(=O)N2C(C(=O)O)=C(/C=C/c3ccno3)CSC12)c1csc(N)n1. The van der Waals surface area contributed by atoms with Gasteiger partial charge in [0.15, 0.2) is 16.6 Å². The van der Waals surface area contributed by atoms with Gasteiger partial charge < -0.3 is 25.5 Å². The van der Waals surface area contributed by atoms with Gasteiger partial charge in [-0.1, -0.05) is 16.4 Å². The monoisotopic (exact) mass is 476 g/mol. The van der Waals surface area contributed by atoms with Crippen molar-refractivity contribution in [3.05, 3.63) is 46.4 Å². The minimum Gasteiger partial charge on any atom is -0.477 e. The Labute approximate surface area is 188 Å². The third kappa shape index (κ3) is 3.97. The van der Waals surface area contributed by atoms with Gasteiger partial charge in [-0.05, 0) is 11.6 Å². The molecule has 0 bridgehead atoms. The smallest absolute Gasteiger partial charge is 0.352 e. The average molecular weight is 476 g/mol. The lowest BCUT2D eigenvalue weighted by molar-refractivity contribution is -0.150. The summed E-state index contributed by atoms with van der Waals surface area (Å²) in [6, 6.07) is 0.686. The van der Waals surface area contributed by atoms with E-state index >= 15 is 0 Å². The molecular formula is C18H16N6O6S2. The fraction of sp³-hybridized carbons (Fsp3) is 0.222. The number of aromatic nitrogens is 2. The number of fused-ring (bicyclic) bond motifs is 1. The number of β-lactam (4-membered cyclic amide) rings is 1. The first-order valence-electron chi connectivity index (χ1n) is 9.04. The molecule has 0 aliphatic carbocycles. The van der Waals surface area contributed by atoms with Crippen molar-refractivity contribution >= 4 is 57.8 Å². The number of aliphatic carboxylic acids is 1. The molecule has 0 radical (unpaired) electrons. The fourth-order valence-corrected chi connectivity index (χ4v) is 5.03. The summed E-state index contributed by atoms with van der Waals surface area (Å²) >= 11 is 2.45. The summed E-state index contributed by atoms with van der Waals surface area (Å²) in [5.41, 5.74) is 5.98. The van der Waals surface area contributed by atoms with Gasteiger partial charge in [-0.2, -0.15) is 0 Å². The Morgan fingerprint density at radius 2 is 2.28 bits per heavy atom. The zero-order chi connectivity index (χ0) is 22.8. The quantitative estimate of drug-likeness (QED) is 0.290. The van der Waals surface area contributed by atoms with Crippen LogP contribution >= 0.6 is 23.1 Å². The van der Waals surface area contributed by atoms with Crippen molar-refractivity contribution in [1.29, 1.82) is 0 Å². The molecule has 2 aliphatic rings. The second-order valence-corrected chi connectivity index (χ2v) is 8.48. The van der Waals surface area contributed by atoms with Crippen LogP contribution in [0.1, 0.15) is 11.5 Å². The number of carboxylic acids is 1. The molecule has 0 spiro atoms. The summed E-state index contributed by atoms with van der Waals surface area (Å²) in [7, 11) is 1.27. The maximum atomic E-state index is 12.8. The summed E-state index contributed by atoms with van der Waals surface area (Å²) in [5.74, 6) is -1.72. The lowest BCUT2D eigenvalue weighted by Crippen LogP contribution is -2.71. The molecule has 2 aliphatic heterocycles. The molecule has 2 unspecified atom stereocenters. The van der Waals surface area contributed by atoms with Crippen molar-refractivity contribution in [1.82, 2.24) is 20.4 Å². The Balaban J connectivity index is 1.53. The van der Waals surface area contributed by atoms with E-state index in [1.165, 1.54) is 30.4 Å². The van der Waals surface area contributed by atoms with Gasteiger partial charge in [-0.25, -0.2) is 9.78 Å². The molecular weight excluding hydrogens is 460 g/mol. The molecule has 0 saturated carbocycles. The van der Waals surface area contributed by atoms with Crippen LogP contribution < -0.4 is 11.1 Å². The molecule has 1 fully saturated rings. The number of thiazole rings is 1. The first kappa shape index (κ1) is 21.6. The summed E-state index contributed by atoms with van der Waals surface area (Å²) in [6.45, 7) is 0. The number of anilines is 1. The van der Waals surface area contributed by atoms with Gasteiger partial charge in [0.05, 0.1) is 6.20 Å². The second kappa shape index (κ2) is 8.84. The van der Waals surface area contributed by atoms with E-state index in [0.717, 1.165) is 16.2 Å². The van der Waals surface area contributed by atoms with Crippen LogP contribution in [-0.4, -0.2) is 67.9 Å². The van der Waals surface area contributed by atoms with Crippen molar-refractivity contribution in [3.63, 3.8) is 0 Å². The number of nitrogens with zero attached hydrogens (tertiary/aromatic N) is 4. The van der Waals surface area contributed by atoms with E-state index in [2.05, 4.69) is 20.6 Å². The Morgan fingerprint density at radius 3 is 2.91 bits per heavy atom. The number of nitrogens with two attached hydrogens (primary N) is 1. The van der Waals surface area contributed by atoms with Crippen LogP contribution in [0.15, 0.2) is 44.7 Å². The summed E-state index contributed by atoms with van der Waals surface area (Å²) < 4.78 is 4.97. The molecule has 4 N–H and O–H groups in total. The number of hydrogen-bond donors (Lipinski definition) is 3. The molecule has 2 amide bonds. The first-order valence-corrected chi connectivity index (χ1v) is 11.0. The van der Waals surface area contributed by atoms with Crippen LogP contribution in [0.2, 0.25) is 0 Å². The largest absolute Gasteiger partial charge is 0.477 e. The molecule has 166 valence electrons. The second-order valence-electron chi connectivity index (χ2n) is 6.48. The first-order chi connectivity index (χ1) is 15.4. The topological polar surface area (TPSA) is 173 Å². The van der Waals surface area contributed by atoms with E-state index in [1.54, 1.807) is 18.2 Å². The minimum atomic E-state index is -1.25. The van der Waals surface area contributed by atoms with E-state index in [-0.39, 0.29) is 22.2 Å². The predicted octanol–water partition coefficient (Wildman–Crippen LogP) is 0.516. The van der Waals surface area contributed by atoms with Crippen LogP contribution in [0.4, 0.5) is 5.13 Å². The summed E-state index contributed by atoms with van der Waals surface area (Å²) in [6.07, 6.45) is 4.61. The molecule has 2 aromatic rings. The molecule has 32 heavy (non-hydrogen) atoms. The number of oxime groups is 1. The van der Waals surface area contributed by atoms with Crippen molar-refractivity contribution in [3.8, 4) is 0 Å². The van der Waals surface area contributed by atoms with Gasteiger partial charge in [0.1, 0.15) is 29.9 Å². The lowest BCUT2D eigenvalue weighted by atomic mass is 10.0. The maximum Gasteiger partial charge on any atom is 0.352 e.